The maximum Gasteiger partial charge on any atom is 0.312 e. The van der Waals surface area contributed by atoms with Gasteiger partial charge in [0.05, 0.1) is 16.9 Å². The summed E-state index contributed by atoms with van der Waals surface area (Å²) in [6.07, 6.45) is 5.52. The first kappa shape index (κ1) is 23.8. The van der Waals surface area contributed by atoms with Crippen molar-refractivity contribution in [3.63, 3.8) is 0 Å². The van der Waals surface area contributed by atoms with Crippen molar-refractivity contribution in [2.75, 3.05) is 18.1 Å². The highest BCUT2D eigenvalue weighted by molar-refractivity contribution is 7.91. The molecule has 1 aromatic rings. The van der Waals surface area contributed by atoms with E-state index in [4.69, 9.17) is 4.74 Å². The van der Waals surface area contributed by atoms with Crippen LogP contribution in [0.2, 0.25) is 0 Å². The highest BCUT2D eigenvalue weighted by Crippen LogP contribution is 2.66. The molecule has 0 radical (unpaired) electrons. The van der Waals surface area contributed by atoms with Crippen molar-refractivity contribution >= 4 is 21.7 Å². The SMILES string of the molecule is CCN(C(=O)C(C)OC(=O)C12CC3CC(C1)CC(c1ccc(C)cc1)(C3)C2)C1CCS(=O)(=O)C1. The molecule has 0 spiro atoms. The third-order valence-corrected chi connectivity index (χ3v) is 10.8. The number of carbonyl (C=O) groups is 2. The molecule has 34 heavy (non-hydrogen) atoms. The molecule has 1 aromatic carbocycles. The van der Waals surface area contributed by atoms with Crippen molar-refractivity contribution in [1.29, 1.82) is 0 Å². The summed E-state index contributed by atoms with van der Waals surface area (Å²) in [5.41, 5.74) is 2.09. The molecule has 7 heteroatoms. The fourth-order valence-corrected chi connectivity index (χ4v) is 9.66. The first-order valence-electron chi connectivity index (χ1n) is 12.8. The Morgan fingerprint density at radius 3 is 2.32 bits per heavy atom. The van der Waals surface area contributed by atoms with Crippen LogP contribution in [0, 0.1) is 24.2 Å². The second-order valence-electron chi connectivity index (χ2n) is 11.6. The summed E-state index contributed by atoms with van der Waals surface area (Å²) in [5.74, 6) is 0.654. The molecule has 1 aliphatic heterocycles. The molecule has 1 amide bonds. The zero-order valence-electron chi connectivity index (χ0n) is 20.6. The molecule has 1 saturated heterocycles. The highest BCUT2D eigenvalue weighted by Gasteiger charge is 2.62. The third-order valence-electron chi connectivity index (χ3n) is 9.06. The van der Waals surface area contributed by atoms with Gasteiger partial charge in [0, 0.05) is 12.6 Å². The number of hydrogen-bond donors (Lipinski definition) is 0. The van der Waals surface area contributed by atoms with Crippen LogP contribution in [0.25, 0.3) is 0 Å². The van der Waals surface area contributed by atoms with E-state index in [9.17, 15) is 18.0 Å². The standard InChI is InChI=1S/C27H37NO5S/c1-4-28(23-9-10-34(31,32)16-23)24(29)19(3)33-25(30)27-14-20-11-21(15-27)13-26(12-20,17-27)22-7-5-18(2)6-8-22/h5-8,19-21,23H,4,9-17H2,1-3H3. The Morgan fingerprint density at radius 1 is 1.12 bits per heavy atom. The normalized spacial score (nSPS) is 36.3. The van der Waals surface area contributed by atoms with E-state index in [1.807, 2.05) is 6.92 Å². The van der Waals surface area contributed by atoms with Gasteiger partial charge in [-0.15, -0.1) is 0 Å². The van der Waals surface area contributed by atoms with Crippen LogP contribution in [0.15, 0.2) is 24.3 Å². The summed E-state index contributed by atoms with van der Waals surface area (Å²) in [7, 11) is -3.10. The van der Waals surface area contributed by atoms with E-state index in [1.165, 1.54) is 17.5 Å². The minimum atomic E-state index is -3.10. The van der Waals surface area contributed by atoms with Gasteiger partial charge in [-0.2, -0.15) is 0 Å². The molecule has 4 unspecified atom stereocenters. The lowest BCUT2D eigenvalue weighted by atomic mass is 9.43. The van der Waals surface area contributed by atoms with Gasteiger partial charge in [0.15, 0.2) is 15.9 Å². The van der Waals surface area contributed by atoms with Crippen molar-refractivity contribution < 1.29 is 22.7 Å². The molecule has 4 atom stereocenters. The van der Waals surface area contributed by atoms with Gasteiger partial charge in [0.1, 0.15) is 0 Å². The second-order valence-corrected chi connectivity index (χ2v) is 13.8. The molecule has 0 N–H and O–H groups in total. The predicted octanol–water partition coefficient (Wildman–Crippen LogP) is 3.80. The van der Waals surface area contributed by atoms with Crippen LogP contribution < -0.4 is 0 Å². The first-order chi connectivity index (χ1) is 16.0. The molecule has 1 heterocycles. The lowest BCUT2D eigenvalue weighted by Crippen LogP contribution is -2.58. The molecule has 6 rings (SSSR count). The van der Waals surface area contributed by atoms with Gasteiger partial charge >= 0.3 is 5.97 Å². The largest absolute Gasteiger partial charge is 0.452 e. The van der Waals surface area contributed by atoms with Gasteiger partial charge in [0.2, 0.25) is 0 Å². The number of carbonyl (C=O) groups excluding carboxylic acids is 2. The molecule has 4 aliphatic carbocycles. The van der Waals surface area contributed by atoms with E-state index in [-0.39, 0.29) is 34.8 Å². The topological polar surface area (TPSA) is 80.8 Å². The number of nitrogens with zero attached hydrogens (tertiary/aromatic N) is 1. The maximum absolute atomic E-state index is 13.7. The van der Waals surface area contributed by atoms with Crippen molar-refractivity contribution in [2.24, 2.45) is 17.3 Å². The van der Waals surface area contributed by atoms with E-state index in [2.05, 4.69) is 31.2 Å². The van der Waals surface area contributed by atoms with E-state index < -0.39 is 21.4 Å². The Labute approximate surface area is 203 Å². The minimum absolute atomic E-state index is 0.000383. The number of sulfone groups is 1. The van der Waals surface area contributed by atoms with Gasteiger partial charge in [-0.1, -0.05) is 29.8 Å². The van der Waals surface area contributed by atoms with Crippen LogP contribution in [-0.2, 0) is 29.6 Å². The molecular formula is C27H37NO5S. The van der Waals surface area contributed by atoms with Gasteiger partial charge < -0.3 is 9.64 Å². The summed E-state index contributed by atoms with van der Waals surface area (Å²) in [6.45, 7) is 6.00. The lowest BCUT2D eigenvalue weighted by molar-refractivity contribution is -0.182. The van der Waals surface area contributed by atoms with Crippen molar-refractivity contribution in [1.82, 2.24) is 4.90 Å². The molecule has 0 aromatic heterocycles. The third kappa shape index (κ3) is 4.08. The van der Waals surface area contributed by atoms with Crippen LogP contribution in [0.1, 0.15) is 69.9 Å². The Hall–Kier alpha value is -1.89. The first-order valence-corrected chi connectivity index (χ1v) is 14.7. The summed E-state index contributed by atoms with van der Waals surface area (Å²) < 4.78 is 29.8. The second kappa shape index (κ2) is 8.35. The van der Waals surface area contributed by atoms with Gasteiger partial charge in [-0.3, -0.25) is 9.59 Å². The van der Waals surface area contributed by atoms with Crippen molar-refractivity contribution in [2.45, 2.75) is 83.3 Å². The monoisotopic (exact) mass is 487 g/mol. The Morgan fingerprint density at radius 2 is 1.76 bits per heavy atom. The summed E-state index contributed by atoms with van der Waals surface area (Å²) in [6, 6.07) is 8.49. The maximum atomic E-state index is 13.7. The zero-order chi connectivity index (χ0) is 24.3. The smallest absolute Gasteiger partial charge is 0.312 e. The van der Waals surface area contributed by atoms with Crippen LogP contribution in [0.3, 0.4) is 0 Å². The number of likely N-dealkylation sites (N-methyl/N-ethyl adjacent to an activating group) is 1. The fraction of sp³-hybridized carbons (Fsp3) is 0.704. The number of ether oxygens (including phenoxy) is 1. The molecule has 186 valence electrons. The van der Waals surface area contributed by atoms with E-state index in [0.717, 1.165) is 32.1 Å². The van der Waals surface area contributed by atoms with E-state index in [0.29, 0.717) is 24.8 Å². The Kier molecular flexibility index (Phi) is 5.85. The molecule has 4 saturated carbocycles. The molecule has 5 aliphatic rings. The molecular weight excluding hydrogens is 450 g/mol. The van der Waals surface area contributed by atoms with E-state index in [1.54, 1.807) is 11.8 Å². The minimum Gasteiger partial charge on any atom is -0.452 e. The number of benzene rings is 1. The summed E-state index contributed by atoms with van der Waals surface area (Å²) in [5, 5.41) is 0. The van der Waals surface area contributed by atoms with Crippen LogP contribution >= 0.6 is 0 Å². The molecule has 4 bridgehead atoms. The quantitative estimate of drug-likeness (QED) is 0.570. The Balaban J connectivity index is 1.33. The fourth-order valence-electron chi connectivity index (χ4n) is 7.93. The zero-order valence-corrected chi connectivity index (χ0v) is 21.4. The summed E-state index contributed by atoms with van der Waals surface area (Å²) >= 11 is 0. The molecule has 6 nitrogen and oxygen atoms in total. The van der Waals surface area contributed by atoms with Crippen molar-refractivity contribution in [3.05, 3.63) is 35.4 Å². The molecule has 5 fully saturated rings. The number of amides is 1. The Bertz CT molecular complexity index is 1060. The highest BCUT2D eigenvalue weighted by atomic mass is 32.2. The van der Waals surface area contributed by atoms with E-state index >= 15 is 0 Å². The van der Waals surface area contributed by atoms with Gasteiger partial charge in [0.25, 0.3) is 5.91 Å². The van der Waals surface area contributed by atoms with Crippen molar-refractivity contribution in [3.8, 4) is 0 Å². The summed E-state index contributed by atoms with van der Waals surface area (Å²) in [4.78, 5) is 28.5. The van der Waals surface area contributed by atoms with Crippen LogP contribution in [0.4, 0.5) is 0 Å². The van der Waals surface area contributed by atoms with Gasteiger partial charge in [-0.05, 0) is 88.5 Å². The number of aryl methyl sites for hydroxylation is 1. The number of rotatable bonds is 6. The van der Waals surface area contributed by atoms with Gasteiger partial charge in [-0.25, -0.2) is 8.42 Å². The average molecular weight is 488 g/mol. The predicted molar refractivity (Wildman–Crippen MR) is 130 cm³/mol. The lowest BCUT2D eigenvalue weighted by Gasteiger charge is -2.61. The number of esters is 1. The van der Waals surface area contributed by atoms with Crippen LogP contribution in [-0.4, -0.2) is 55.4 Å². The average Bonchev–Trinajstić information content (AvgIpc) is 3.12. The van der Waals surface area contributed by atoms with Crippen LogP contribution in [0.5, 0.6) is 0 Å². The number of hydrogen-bond acceptors (Lipinski definition) is 5.